The average Bonchev–Trinajstić information content (AvgIpc) is 2.67. The number of hydrogen-bond donors (Lipinski definition) is 0. The van der Waals surface area contributed by atoms with Gasteiger partial charge in [-0.1, -0.05) is 36.4 Å². The number of benzene rings is 2. The van der Waals surface area contributed by atoms with Gasteiger partial charge in [0.15, 0.2) is 0 Å². The van der Waals surface area contributed by atoms with Gasteiger partial charge >= 0.3 is 0 Å². The molecule has 0 bridgehead atoms. The Morgan fingerprint density at radius 3 is 2.44 bits per heavy atom. The van der Waals surface area contributed by atoms with Crippen LogP contribution in [0.4, 0.5) is 5.69 Å². The van der Waals surface area contributed by atoms with Crippen LogP contribution < -0.4 is 9.64 Å². The zero-order chi connectivity index (χ0) is 17.5. The van der Waals surface area contributed by atoms with Crippen LogP contribution in [0.5, 0.6) is 5.75 Å². The highest BCUT2D eigenvalue weighted by Gasteiger charge is 2.17. The van der Waals surface area contributed by atoms with E-state index >= 15 is 0 Å². The van der Waals surface area contributed by atoms with Gasteiger partial charge in [0.1, 0.15) is 5.75 Å². The Morgan fingerprint density at radius 1 is 0.960 bits per heavy atom. The lowest BCUT2D eigenvalue weighted by Gasteiger charge is -2.36. The van der Waals surface area contributed by atoms with Crippen LogP contribution in [0.2, 0.25) is 0 Å². The maximum atomic E-state index is 5.34. The van der Waals surface area contributed by atoms with Crippen LogP contribution in [-0.2, 0) is 6.54 Å². The molecule has 1 aliphatic heterocycles. The van der Waals surface area contributed by atoms with Crippen LogP contribution in [0.25, 0.3) is 0 Å². The lowest BCUT2D eigenvalue weighted by molar-refractivity contribution is 0.212. The van der Waals surface area contributed by atoms with Gasteiger partial charge in [-0.05, 0) is 24.7 Å². The van der Waals surface area contributed by atoms with E-state index in [-0.39, 0.29) is 0 Å². The van der Waals surface area contributed by atoms with Crippen molar-refractivity contribution in [2.75, 3.05) is 58.3 Å². The highest BCUT2D eigenvalue weighted by molar-refractivity contribution is 5.51. The summed E-state index contributed by atoms with van der Waals surface area (Å²) in [5.41, 5.74) is 2.65. The summed E-state index contributed by atoms with van der Waals surface area (Å²) in [5, 5.41) is 0. The van der Waals surface area contributed by atoms with Crippen molar-refractivity contribution in [3.63, 3.8) is 0 Å². The second-order valence-electron chi connectivity index (χ2n) is 6.75. The van der Waals surface area contributed by atoms with E-state index in [1.165, 1.54) is 11.3 Å². The second kappa shape index (κ2) is 8.88. The van der Waals surface area contributed by atoms with Gasteiger partial charge in [0.2, 0.25) is 0 Å². The summed E-state index contributed by atoms with van der Waals surface area (Å²) in [6.07, 6.45) is 0. The Labute approximate surface area is 151 Å². The summed E-state index contributed by atoms with van der Waals surface area (Å²) in [7, 11) is 3.93. The number of anilines is 1. The molecule has 2 aromatic rings. The molecule has 1 fully saturated rings. The number of methoxy groups -OCH3 is 1. The summed E-state index contributed by atoms with van der Waals surface area (Å²) in [6, 6.07) is 19.1. The minimum Gasteiger partial charge on any atom is -0.497 e. The van der Waals surface area contributed by atoms with Crippen LogP contribution in [0.15, 0.2) is 54.6 Å². The van der Waals surface area contributed by atoms with Gasteiger partial charge < -0.3 is 14.5 Å². The molecule has 0 spiro atoms. The van der Waals surface area contributed by atoms with E-state index in [4.69, 9.17) is 4.74 Å². The molecule has 1 aliphatic rings. The first kappa shape index (κ1) is 17.8. The van der Waals surface area contributed by atoms with Crippen molar-refractivity contribution < 1.29 is 4.74 Å². The monoisotopic (exact) mass is 339 g/mol. The van der Waals surface area contributed by atoms with Crippen molar-refractivity contribution >= 4 is 5.69 Å². The van der Waals surface area contributed by atoms with E-state index in [0.29, 0.717) is 0 Å². The predicted molar refractivity (Wildman–Crippen MR) is 104 cm³/mol. The van der Waals surface area contributed by atoms with Crippen LogP contribution in [-0.4, -0.2) is 63.2 Å². The highest BCUT2D eigenvalue weighted by Crippen LogP contribution is 2.22. The minimum atomic E-state index is 0.933. The van der Waals surface area contributed by atoms with Crippen molar-refractivity contribution in [1.82, 2.24) is 9.80 Å². The molecule has 4 nitrogen and oxygen atoms in total. The number of nitrogens with zero attached hydrogens (tertiary/aromatic N) is 3. The van der Waals surface area contributed by atoms with Crippen molar-refractivity contribution in [2.24, 2.45) is 0 Å². The van der Waals surface area contributed by atoms with Crippen LogP contribution in [0.3, 0.4) is 0 Å². The third-order valence-corrected chi connectivity index (χ3v) is 4.88. The maximum absolute atomic E-state index is 5.34. The first-order valence-electron chi connectivity index (χ1n) is 9.08. The summed E-state index contributed by atoms with van der Waals surface area (Å²) in [4.78, 5) is 7.43. The normalized spacial score (nSPS) is 15.6. The van der Waals surface area contributed by atoms with Crippen molar-refractivity contribution in [2.45, 2.75) is 6.54 Å². The molecular weight excluding hydrogens is 310 g/mol. The number of hydrogen-bond acceptors (Lipinski definition) is 4. The van der Waals surface area contributed by atoms with Crippen LogP contribution in [0, 0.1) is 0 Å². The SMILES string of the molecule is COc1cccc(N2CCN(CCN(C)Cc3ccccc3)CC2)c1. The second-order valence-corrected chi connectivity index (χ2v) is 6.75. The first-order chi connectivity index (χ1) is 12.2. The third kappa shape index (κ3) is 5.21. The van der Waals surface area contributed by atoms with Gasteiger partial charge in [-0.25, -0.2) is 0 Å². The van der Waals surface area contributed by atoms with Gasteiger partial charge in [-0.3, -0.25) is 4.90 Å². The van der Waals surface area contributed by atoms with Crippen molar-refractivity contribution in [1.29, 1.82) is 0 Å². The molecule has 0 saturated carbocycles. The summed E-state index contributed by atoms with van der Waals surface area (Å²) in [5.74, 6) is 0.933. The van der Waals surface area contributed by atoms with Crippen LogP contribution in [0.1, 0.15) is 5.56 Å². The number of piperazine rings is 1. The van der Waals surface area contributed by atoms with Gasteiger partial charge in [0, 0.05) is 57.6 Å². The molecule has 0 aromatic heterocycles. The van der Waals surface area contributed by atoms with E-state index in [1.54, 1.807) is 7.11 Å². The molecule has 0 N–H and O–H groups in total. The average molecular weight is 339 g/mol. The molecule has 4 heteroatoms. The van der Waals surface area contributed by atoms with Crippen molar-refractivity contribution in [3.05, 3.63) is 60.2 Å². The topological polar surface area (TPSA) is 19.0 Å². The molecule has 0 radical (unpaired) electrons. The van der Waals surface area contributed by atoms with Gasteiger partial charge in [0.05, 0.1) is 7.11 Å². The quantitative estimate of drug-likeness (QED) is 0.772. The molecule has 2 aromatic carbocycles. The lowest BCUT2D eigenvalue weighted by atomic mass is 10.2. The molecule has 134 valence electrons. The number of ether oxygens (including phenoxy) is 1. The molecule has 0 amide bonds. The van der Waals surface area contributed by atoms with E-state index in [1.807, 2.05) is 6.07 Å². The van der Waals surface area contributed by atoms with Gasteiger partial charge in [0.25, 0.3) is 0 Å². The molecular formula is C21H29N3O. The third-order valence-electron chi connectivity index (χ3n) is 4.88. The standard InChI is InChI=1S/C21H29N3O/c1-22(18-19-7-4-3-5-8-19)11-12-23-13-15-24(16-14-23)20-9-6-10-21(17-20)25-2/h3-10,17H,11-16,18H2,1-2H3. The van der Waals surface area contributed by atoms with E-state index in [9.17, 15) is 0 Å². The van der Waals surface area contributed by atoms with Gasteiger partial charge in [-0.2, -0.15) is 0 Å². The Kier molecular flexibility index (Phi) is 6.31. The van der Waals surface area contributed by atoms with E-state index in [2.05, 4.69) is 70.3 Å². The lowest BCUT2D eigenvalue weighted by Crippen LogP contribution is -2.48. The van der Waals surface area contributed by atoms with Crippen molar-refractivity contribution in [3.8, 4) is 5.75 Å². The Morgan fingerprint density at radius 2 is 1.72 bits per heavy atom. The van der Waals surface area contributed by atoms with Crippen LogP contribution >= 0.6 is 0 Å². The fourth-order valence-electron chi connectivity index (χ4n) is 3.32. The highest BCUT2D eigenvalue weighted by atomic mass is 16.5. The summed E-state index contributed by atoms with van der Waals surface area (Å²) >= 11 is 0. The molecule has 3 rings (SSSR count). The summed E-state index contributed by atoms with van der Waals surface area (Å²) < 4.78 is 5.34. The zero-order valence-electron chi connectivity index (χ0n) is 15.4. The Bertz CT molecular complexity index is 639. The fraction of sp³-hybridized carbons (Fsp3) is 0.429. The fourth-order valence-corrected chi connectivity index (χ4v) is 3.32. The summed E-state index contributed by atoms with van der Waals surface area (Å²) in [6.45, 7) is 7.66. The Hall–Kier alpha value is -2.04. The zero-order valence-corrected chi connectivity index (χ0v) is 15.4. The molecule has 0 aliphatic carbocycles. The molecule has 0 unspecified atom stereocenters. The predicted octanol–water partition coefficient (Wildman–Crippen LogP) is 2.95. The maximum Gasteiger partial charge on any atom is 0.120 e. The Balaban J connectivity index is 1.41. The number of rotatable bonds is 7. The molecule has 1 heterocycles. The minimum absolute atomic E-state index is 0.933. The smallest absolute Gasteiger partial charge is 0.120 e. The first-order valence-corrected chi connectivity index (χ1v) is 9.08. The van der Waals surface area contributed by atoms with E-state index in [0.717, 1.165) is 51.6 Å². The molecule has 0 atom stereocenters. The molecule has 25 heavy (non-hydrogen) atoms. The van der Waals surface area contributed by atoms with Gasteiger partial charge in [-0.15, -0.1) is 0 Å². The molecule has 1 saturated heterocycles. The van der Waals surface area contributed by atoms with E-state index < -0.39 is 0 Å². The number of likely N-dealkylation sites (N-methyl/N-ethyl adjacent to an activating group) is 1. The largest absolute Gasteiger partial charge is 0.497 e.